The van der Waals surface area contributed by atoms with Crippen molar-refractivity contribution in [2.24, 2.45) is 0 Å². The summed E-state index contributed by atoms with van der Waals surface area (Å²) in [5.41, 5.74) is 0. The predicted molar refractivity (Wildman–Crippen MR) is 333 cm³/mol. The molecule has 19 nitrogen and oxygen atoms in total. The quantitative estimate of drug-likeness (QED) is 0.0200. The molecular formula is C67H125NO18. The zero-order valence-corrected chi connectivity index (χ0v) is 53.3. The number of carbonyl (C=O) groups excluding carboxylic acids is 1. The molecule has 17 atom stereocenters. The molecule has 3 rings (SSSR count). The van der Waals surface area contributed by atoms with Crippen molar-refractivity contribution < 1.29 is 89.4 Å². The van der Waals surface area contributed by atoms with Crippen LogP contribution in [0.1, 0.15) is 264 Å². The smallest absolute Gasteiger partial charge is 0.220 e. The summed E-state index contributed by atoms with van der Waals surface area (Å²) < 4.78 is 34.1. The number of hydrogen-bond donors (Lipinski definition) is 12. The van der Waals surface area contributed by atoms with E-state index in [4.69, 9.17) is 28.4 Å². The van der Waals surface area contributed by atoms with Crippen LogP contribution in [0.4, 0.5) is 0 Å². The molecule has 0 aromatic heterocycles. The summed E-state index contributed by atoms with van der Waals surface area (Å²) >= 11 is 0. The molecule has 0 radical (unpaired) electrons. The SMILES string of the molecule is CCCCCC/C=C/C(O)C(COC1OC(CO)C(OC2OC(CO)C(OC3OC(CO)C(O)C(O)C3O)C(O)C2O)C(O)C1O)NC(=O)CCCCCCCCCCCCCCCCCCCCCCCCC/C=C\CCCCCCCCCC. The summed E-state index contributed by atoms with van der Waals surface area (Å²) in [6.45, 7) is 1.64. The van der Waals surface area contributed by atoms with Crippen LogP contribution in [0, 0.1) is 0 Å². The Morgan fingerprint density at radius 3 is 1.14 bits per heavy atom. The molecule has 0 spiro atoms. The summed E-state index contributed by atoms with van der Waals surface area (Å²) in [6.07, 6.45) is 29.8. The lowest BCUT2D eigenvalue weighted by Crippen LogP contribution is -2.66. The van der Waals surface area contributed by atoms with E-state index >= 15 is 0 Å². The van der Waals surface area contributed by atoms with E-state index in [-0.39, 0.29) is 18.9 Å². The largest absolute Gasteiger partial charge is 0.394 e. The molecular weight excluding hydrogens is 1110 g/mol. The van der Waals surface area contributed by atoms with Crippen LogP contribution in [0.5, 0.6) is 0 Å². The average molecular weight is 1230 g/mol. The van der Waals surface area contributed by atoms with Gasteiger partial charge in [0.15, 0.2) is 18.9 Å². The third-order valence-electron chi connectivity index (χ3n) is 17.5. The molecule has 86 heavy (non-hydrogen) atoms. The van der Waals surface area contributed by atoms with Crippen LogP contribution in [0.3, 0.4) is 0 Å². The molecule has 1 amide bonds. The first-order chi connectivity index (χ1) is 41.8. The monoisotopic (exact) mass is 1230 g/mol. The van der Waals surface area contributed by atoms with Gasteiger partial charge < -0.3 is 89.9 Å². The molecule has 3 saturated heterocycles. The summed E-state index contributed by atoms with van der Waals surface area (Å²) in [5, 5.41) is 120. The fourth-order valence-electron chi connectivity index (χ4n) is 11.8. The molecule has 17 unspecified atom stereocenters. The first-order valence-corrected chi connectivity index (χ1v) is 34.6. The van der Waals surface area contributed by atoms with Crippen molar-refractivity contribution in [3.05, 3.63) is 24.3 Å². The van der Waals surface area contributed by atoms with Gasteiger partial charge in [-0.25, -0.2) is 0 Å². The number of ether oxygens (including phenoxy) is 6. The van der Waals surface area contributed by atoms with E-state index in [1.807, 2.05) is 6.08 Å². The number of aliphatic hydroxyl groups excluding tert-OH is 11. The maximum Gasteiger partial charge on any atom is 0.220 e. The molecule has 3 aliphatic rings. The first-order valence-electron chi connectivity index (χ1n) is 34.6. The number of hydrogen-bond acceptors (Lipinski definition) is 18. The van der Waals surface area contributed by atoms with Crippen molar-refractivity contribution in [3.63, 3.8) is 0 Å². The van der Waals surface area contributed by atoms with Crippen LogP contribution >= 0.6 is 0 Å². The molecule has 3 aliphatic heterocycles. The number of aliphatic hydroxyl groups is 11. The Balaban J connectivity index is 1.26. The fraction of sp³-hybridized carbons (Fsp3) is 0.925. The third kappa shape index (κ3) is 32.0. The molecule has 0 aromatic carbocycles. The van der Waals surface area contributed by atoms with Crippen molar-refractivity contribution in [1.29, 1.82) is 0 Å². The maximum absolute atomic E-state index is 13.3. The van der Waals surface area contributed by atoms with Crippen molar-refractivity contribution in [2.45, 2.75) is 369 Å². The Morgan fingerprint density at radius 2 is 0.733 bits per heavy atom. The highest BCUT2D eigenvalue weighted by Crippen LogP contribution is 2.33. The third-order valence-corrected chi connectivity index (χ3v) is 17.5. The van der Waals surface area contributed by atoms with Crippen LogP contribution in [0.2, 0.25) is 0 Å². The minimum atomic E-state index is -1.97. The molecule has 12 N–H and O–H groups in total. The highest BCUT2D eigenvalue weighted by atomic mass is 16.8. The topological polar surface area (TPSA) is 307 Å². The lowest BCUT2D eigenvalue weighted by atomic mass is 9.96. The van der Waals surface area contributed by atoms with Gasteiger partial charge >= 0.3 is 0 Å². The first kappa shape index (κ1) is 78.5. The van der Waals surface area contributed by atoms with E-state index in [1.54, 1.807) is 6.08 Å². The second kappa shape index (κ2) is 49.9. The zero-order valence-electron chi connectivity index (χ0n) is 53.3. The number of unbranched alkanes of at least 4 members (excludes halogenated alkanes) is 35. The highest BCUT2D eigenvalue weighted by molar-refractivity contribution is 5.76. The fourth-order valence-corrected chi connectivity index (χ4v) is 11.8. The Bertz CT molecular complexity index is 1660. The maximum atomic E-state index is 13.3. The van der Waals surface area contributed by atoms with Gasteiger partial charge in [-0.2, -0.15) is 0 Å². The van der Waals surface area contributed by atoms with Crippen LogP contribution in [0.15, 0.2) is 24.3 Å². The second-order valence-electron chi connectivity index (χ2n) is 25.0. The van der Waals surface area contributed by atoms with Crippen LogP contribution in [-0.4, -0.2) is 193 Å². The van der Waals surface area contributed by atoms with E-state index in [2.05, 4.69) is 31.3 Å². The Hall–Kier alpha value is -1.73. The number of amides is 1. The predicted octanol–water partition coefficient (Wildman–Crippen LogP) is 8.66. The molecule has 0 aromatic rings. The van der Waals surface area contributed by atoms with Gasteiger partial charge in [-0.05, 0) is 44.9 Å². The van der Waals surface area contributed by atoms with Crippen LogP contribution in [-0.2, 0) is 33.2 Å². The summed E-state index contributed by atoms with van der Waals surface area (Å²) in [6, 6.07) is -0.966. The normalized spacial score (nSPS) is 28.9. The van der Waals surface area contributed by atoms with Gasteiger partial charge in [-0.1, -0.05) is 237 Å². The van der Waals surface area contributed by atoms with Gasteiger partial charge in [0.05, 0.1) is 38.6 Å². The molecule has 506 valence electrons. The van der Waals surface area contributed by atoms with Crippen LogP contribution in [0.25, 0.3) is 0 Å². The van der Waals surface area contributed by atoms with E-state index in [9.17, 15) is 61.0 Å². The molecule has 3 heterocycles. The number of allylic oxidation sites excluding steroid dienone is 3. The minimum absolute atomic E-state index is 0.247. The molecule has 0 bridgehead atoms. The summed E-state index contributed by atoms with van der Waals surface area (Å²) in [5.74, 6) is -0.277. The zero-order chi connectivity index (χ0) is 62.6. The van der Waals surface area contributed by atoms with Crippen molar-refractivity contribution >= 4 is 5.91 Å². The summed E-state index contributed by atoms with van der Waals surface area (Å²) in [4.78, 5) is 13.3. The van der Waals surface area contributed by atoms with E-state index in [1.165, 1.54) is 186 Å². The molecule has 0 aliphatic carbocycles. The van der Waals surface area contributed by atoms with Gasteiger partial charge in [0.25, 0.3) is 0 Å². The van der Waals surface area contributed by atoms with E-state index < -0.39 is 124 Å². The van der Waals surface area contributed by atoms with Crippen molar-refractivity contribution in [1.82, 2.24) is 5.32 Å². The molecule has 0 saturated carbocycles. The van der Waals surface area contributed by atoms with E-state index in [0.29, 0.717) is 6.42 Å². The van der Waals surface area contributed by atoms with Gasteiger partial charge in [-0.3, -0.25) is 4.79 Å². The molecule has 19 heteroatoms. The average Bonchev–Trinajstić information content (AvgIpc) is 1.41. The Labute approximate surface area is 518 Å². The number of rotatable bonds is 53. The van der Waals surface area contributed by atoms with Gasteiger partial charge in [0.2, 0.25) is 5.91 Å². The number of carbonyl (C=O) groups is 1. The molecule has 3 fully saturated rings. The summed E-state index contributed by atoms with van der Waals surface area (Å²) in [7, 11) is 0. The lowest BCUT2D eigenvalue weighted by molar-refractivity contribution is -0.379. The number of nitrogens with one attached hydrogen (secondary N) is 1. The van der Waals surface area contributed by atoms with Gasteiger partial charge in [-0.15, -0.1) is 0 Å². The Morgan fingerprint density at radius 1 is 0.407 bits per heavy atom. The van der Waals surface area contributed by atoms with Gasteiger partial charge in [0.1, 0.15) is 73.2 Å². The highest BCUT2D eigenvalue weighted by Gasteiger charge is 2.53. The van der Waals surface area contributed by atoms with Gasteiger partial charge in [0, 0.05) is 6.42 Å². The lowest BCUT2D eigenvalue weighted by Gasteiger charge is -2.48. The van der Waals surface area contributed by atoms with Crippen LogP contribution < -0.4 is 5.32 Å². The van der Waals surface area contributed by atoms with Crippen molar-refractivity contribution in [3.8, 4) is 0 Å². The van der Waals surface area contributed by atoms with E-state index in [0.717, 1.165) is 51.4 Å². The standard InChI is InChI=1S/C67H125NO18/c1-3-5-7-9-11-12-13-14-15-16-17-18-19-20-21-22-23-24-25-26-27-28-29-30-31-32-33-34-35-36-37-38-39-41-43-45-55(73)68-50(51(72)44-42-40-10-8-6-4-2)49-81-65-61(79)58(76)63(53(47-70)83-65)86-67-62(80)59(77)64(54(48-71)84-67)85-66-60(78)57(75)56(74)52(46-69)82-66/h16-17,42,44,50-54,56-67,69-72,74-80H,3-15,18-41,43,45-49H2,1-2H3,(H,68,73)/b17-16-,44-42+. The Kier molecular flexibility index (Phi) is 45.6. The second-order valence-corrected chi connectivity index (χ2v) is 25.0. The van der Waals surface area contributed by atoms with Crippen molar-refractivity contribution in [2.75, 3.05) is 26.4 Å². The minimum Gasteiger partial charge on any atom is -0.394 e.